The molecule has 0 amide bonds. The van der Waals surface area contributed by atoms with Crippen molar-refractivity contribution in [1.29, 1.82) is 0 Å². The Kier molecular flexibility index (Phi) is 2.75. The van der Waals surface area contributed by atoms with Crippen molar-refractivity contribution in [2.24, 2.45) is 0 Å². The monoisotopic (exact) mass is 194 g/mol. The van der Waals surface area contributed by atoms with Crippen molar-refractivity contribution < 1.29 is 0 Å². The van der Waals surface area contributed by atoms with E-state index in [4.69, 9.17) is 0 Å². The number of aromatic amines is 1. The molecule has 0 aromatic carbocycles. The van der Waals surface area contributed by atoms with E-state index in [2.05, 4.69) is 51.5 Å². The summed E-state index contributed by atoms with van der Waals surface area (Å²) in [6, 6.07) is 0. The van der Waals surface area contributed by atoms with Crippen LogP contribution in [0, 0.1) is 0 Å². The number of nitrogens with zero attached hydrogens (tertiary/aromatic N) is 1. The van der Waals surface area contributed by atoms with Crippen LogP contribution in [-0.4, -0.2) is 9.97 Å². The van der Waals surface area contributed by atoms with E-state index < -0.39 is 0 Å². The minimum Gasteiger partial charge on any atom is -0.348 e. The van der Waals surface area contributed by atoms with Crippen LogP contribution < -0.4 is 0 Å². The fraction of sp³-hybridized carbons (Fsp3) is 0.750. The van der Waals surface area contributed by atoms with E-state index in [1.165, 1.54) is 5.69 Å². The largest absolute Gasteiger partial charge is 0.348 e. The van der Waals surface area contributed by atoms with E-state index in [-0.39, 0.29) is 10.8 Å². The number of nitrogens with one attached hydrogen (secondary N) is 1. The zero-order valence-electron chi connectivity index (χ0n) is 10.2. The first-order valence-corrected chi connectivity index (χ1v) is 5.34. The maximum atomic E-state index is 4.67. The Morgan fingerprint density at radius 2 is 1.79 bits per heavy atom. The standard InChI is InChI=1S/C12H22N2/c1-7-12(5,6)9-8-13-10(14-9)11(2,3)4/h8H,7H2,1-6H3,(H,13,14). The van der Waals surface area contributed by atoms with Gasteiger partial charge in [-0.25, -0.2) is 4.98 Å². The number of hydrogen-bond donors (Lipinski definition) is 1. The summed E-state index contributed by atoms with van der Waals surface area (Å²) in [5.41, 5.74) is 1.46. The third kappa shape index (κ3) is 2.17. The normalized spacial score (nSPS) is 13.3. The molecule has 2 heteroatoms. The van der Waals surface area contributed by atoms with Crippen LogP contribution in [0.4, 0.5) is 0 Å². The molecule has 0 unspecified atom stereocenters. The average molecular weight is 194 g/mol. The maximum Gasteiger partial charge on any atom is 0.111 e. The molecule has 0 atom stereocenters. The van der Waals surface area contributed by atoms with Crippen LogP contribution in [0.2, 0.25) is 0 Å². The van der Waals surface area contributed by atoms with Gasteiger partial charge < -0.3 is 4.98 Å². The van der Waals surface area contributed by atoms with Crippen molar-refractivity contribution >= 4 is 0 Å². The second-order valence-corrected chi connectivity index (χ2v) is 5.62. The predicted octanol–water partition coefficient (Wildman–Crippen LogP) is 3.39. The van der Waals surface area contributed by atoms with Crippen LogP contribution in [0.3, 0.4) is 0 Å². The molecule has 0 spiro atoms. The summed E-state index contributed by atoms with van der Waals surface area (Å²) < 4.78 is 0. The molecule has 0 aliphatic rings. The van der Waals surface area contributed by atoms with Crippen LogP contribution in [-0.2, 0) is 10.8 Å². The highest BCUT2D eigenvalue weighted by atomic mass is 14.9. The van der Waals surface area contributed by atoms with Crippen molar-refractivity contribution in [3.05, 3.63) is 17.7 Å². The molecule has 1 aromatic heterocycles. The lowest BCUT2D eigenvalue weighted by molar-refractivity contribution is 0.485. The van der Waals surface area contributed by atoms with E-state index in [1.54, 1.807) is 0 Å². The van der Waals surface area contributed by atoms with Gasteiger partial charge in [0, 0.05) is 17.0 Å². The van der Waals surface area contributed by atoms with Crippen LogP contribution in [0.1, 0.15) is 59.5 Å². The molecule has 0 aliphatic heterocycles. The summed E-state index contributed by atoms with van der Waals surface area (Å²) in [6.07, 6.45) is 3.16. The van der Waals surface area contributed by atoms with Crippen LogP contribution in [0.25, 0.3) is 0 Å². The van der Waals surface area contributed by atoms with Crippen molar-refractivity contribution in [2.75, 3.05) is 0 Å². The van der Waals surface area contributed by atoms with Gasteiger partial charge in [0.25, 0.3) is 0 Å². The summed E-state index contributed by atoms with van der Waals surface area (Å²) in [5, 5.41) is 0. The predicted molar refractivity (Wildman–Crippen MR) is 60.6 cm³/mol. The van der Waals surface area contributed by atoms with Crippen LogP contribution in [0.15, 0.2) is 6.20 Å². The van der Waals surface area contributed by atoms with E-state index in [9.17, 15) is 0 Å². The molecular formula is C12H22N2. The number of H-pyrrole nitrogens is 1. The highest BCUT2D eigenvalue weighted by Gasteiger charge is 2.24. The lowest BCUT2D eigenvalue weighted by Crippen LogP contribution is -2.18. The smallest absolute Gasteiger partial charge is 0.111 e. The molecule has 14 heavy (non-hydrogen) atoms. The summed E-state index contributed by atoms with van der Waals surface area (Å²) in [6.45, 7) is 13.2. The summed E-state index contributed by atoms with van der Waals surface area (Å²) in [4.78, 5) is 7.94. The van der Waals surface area contributed by atoms with Gasteiger partial charge in [0.15, 0.2) is 0 Å². The van der Waals surface area contributed by atoms with Crippen LogP contribution in [0.5, 0.6) is 0 Å². The van der Waals surface area contributed by atoms with Crippen LogP contribution >= 0.6 is 0 Å². The molecule has 1 N–H and O–H groups in total. The van der Waals surface area contributed by atoms with Crippen molar-refractivity contribution in [1.82, 2.24) is 9.97 Å². The minimum absolute atomic E-state index is 0.113. The van der Waals surface area contributed by atoms with E-state index >= 15 is 0 Å². The number of imidazole rings is 1. The molecule has 2 nitrogen and oxygen atoms in total. The lowest BCUT2D eigenvalue weighted by Gasteiger charge is -2.20. The fourth-order valence-corrected chi connectivity index (χ4v) is 1.23. The first kappa shape index (κ1) is 11.3. The van der Waals surface area contributed by atoms with Crippen molar-refractivity contribution in [3.63, 3.8) is 0 Å². The quantitative estimate of drug-likeness (QED) is 0.768. The first-order valence-electron chi connectivity index (χ1n) is 5.34. The number of rotatable bonds is 2. The zero-order valence-corrected chi connectivity index (χ0v) is 10.2. The number of hydrogen-bond acceptors (Lipinski definition) is 1. The average Bonchev–Trinajstić information content (AvgIpc) is 2.51. The second kappa shape index (κ2) is 3.41. The Morgan fingerprint density at radius 1 is 1.21 bits per heavy atom. The fourth-order valence-electron chi connectivity index (χ4n) is 1.23. The van der Waals surface area contributed by atoms with Gasteiger partial charge in [-0.1, -0.05) is 41.5 Å². The molecule has 0 bridgehead atoms. The van der Waals surface area contributed by atoms with E-state index in [1.807, 2.05) is 6.20 Å². The molecule has 80 valence electrons. The van der Waals surface area contributed by atoms with Gasteiger partial charge in [0.2, 0.25) is 0 Å². The Bertz CT molecular complexity index is 302. The molecule has 1 rings (SSSR count). The third-order valence-corrected chi connectivity index (χ3v) is 2.87. The summed E-state index contributed by atoms with van der Waals surface area (Å²) in [7, 11) is 0. The summed E-state index contributed by atoms with van der Waals surface area (Å²) >= 11 is 0. The van der Waals surface area contributed by atoms with Crippen molar-refractivity contribution in [2.45, 2.75) is 58.8 Å². The number of aromatic nitrogens is 2. The Hall–Kier alpha value is -0.790. The molecule has 0 saturated carbocycles. The molecule has 0 aliphatic carbocycles. The molecule has 0 saturated heterocycles. The van der Waals surface area contributed by atoms with Gasteiger partial charge in [0.05, 0.1) is 5.69 Å². The van der Waals surface area contributed by atoms with E-state index in [0.717, 1.165) is 12.2 Å². The lowest BCUT2D eigenvalue weighted by atomic mass is 9.87. The van der Waals surface area contributed by atoms with Gasteiger partial charge in [-0.2, -0.15) is 0 Å². The molecule has 1 heterocycles. The Labute approximate surface area is 87.1 Å². The summed E-state index contributed by atoms with van der Waals surface area (Å²) in [5.74, 6) is 1.08. The minimum atomic E-state index is 0.113. The van der Waals surface area contributed by atoms with Gasteiger partial charge in [0.1, 0.15) is 5.82 Å². The Morgan fingerprint density at radius 3 is 2.14 bits per heavy atom. The van der Waals surface area contributed by atoms with Gasteiger partial charge in [-0.05, 0) is 6.42 Å². The Balaban J connectivity index is 3.00. The maximum absolute atomic E-state index is 4.67. The zero-order chi connectivity index (χ0) is 11.0. The van der Waals surface area contributed by atoms with Gasteiger partial charge in [-0.3, -0.25) is 0 Å². The topological polar surface area (TPSA) is 28.7 Å². The highest BCUT2D eigenvalue weighted by molar-refractivity contribution is 5.15. The van der Waals surface area contributed by atoms with Gasteiger partial charge in [-0.15, -0.1) is 0 Å². The highest BCUT2D eigenvalue weighted by Crippen LogP contribution is 2.27. The molecule has 1 aromatic rings. The van der Waals surface area contributed by atoms with Crippen molar-refractivity contribution in [3.8, 4) is 0 Å². The van der Waals surface area contributed by atoms with E-state index in [0.29, 0.717) is 0 Å². The third-order valence-electron chi connectivity index (χ3n) is 2.87. The molecule has 0 fully saturated rings. The van der Waals surface area contributed by atoms with Gasteiger partial charge >= 0.3 is 0 Å². The first-order chi connectivity index (χ1) is 6.27. The SMILES string of the molecule is CCC(C)(C)c1c[nH]c(C(C)(C)C)n1. The second-order valence-electron chi connectivity index (χ2n) is 5.62. The molecule has 0 radical (unpaired) electrons. The molecular weight excluding hydrogens is 172 g/mol.